The van der Waals surface area contributed by atoms with Crippen LogP contribution < -0.4 is 10.1 Å². The van der Waals surface area contributed by atoms with E-state index in [9.17, 15) is 18.0 Å². The number of hydrogen-bond acceptors (Lipinski definition) is 3. The first kappa shape index (κ1) is 18.6. The highest BCUT2D eigenvalue weighted by Gasteiger charge is 2.39. The van der Waals surface area contributed by atoms with E-state index in [0.29, 0.717) is 6.42 Å². The molecule has 1 saturated carbocycles. The first-order chi connectivity index (χ1) is 11.2. The predicted molar refractivity (Wildman–Crippen MR) is 82.8 cm³/mol. The van der Waals surface area contributed by atoms with E-state index in [1.807, 2.05) is 6.92 Å². The Morgan fingerprint density at radius 2 is 1.92 bits per heavy atom. The lowest BCUT2D eigenvalue weighted by Gasteiger charge is -2.40. The van der Waals surface area contributed by atoms with Crippen LogP contribution in [0.3, 0.4) is 0 Å². The molecule has 0 saturated heterocycles. The Kier molecular flexibility index (Phi) is 5.74. The summed E-state index contributed by atoms with van der Waals surface area (Å²) in [4.78, 5) is 12.1. The number of ether oxygens (including phenoxy) is 2. The van der Waals surface area contributed by atoms with Crippen LogP contribution in [0.2, 0.25) is 0 Å². The Hall–Kier alpha value is -1.76. The number of amides is 1. The summed E-state index contributed by atoms with van der Waals surface area (Å²) < 4.78 is 46.4. The summed E-state index contributed by atoms with van der Waals surface area (Å²) >= 11 is 0. The van der Waals surface area contributed by atoms with E-state index in [2.05, 4.69) is 10.1 Å². The SMILES string of the molecule is COC1(CC(=O)NC(C)c2ccc(OCC(F)(F)F)cc2)CCC1. The second kappa shape index (κ2) is 7.42. The van der Waals surface area contributed by atoms with Crippen molar-refractivity contribution in [1.82, 2.24) is 5.32 Å². The van der Waals surface area contributed by atoms with Crippen LogP contribution in [-0.4, -0.2) is 31.4 Å². The number of halogens is 3. The van der Waals surface area contributed by atoms with Crippen LogP contribution in [0.25, 0.3) is 0 Å². The van der Waals surface area contributed by atoms with Gasteiger partial charge in [-0.3, -0.25) is 4.79 Å². The molecule has 0 aliphatic heterocycles. The highest BCUT2D eigenvalue weighted by atomic mass is 19.4. The first-order valence-electron chi connectivity index (χ1n) is 7.87. The van der Waals surface area contributed by atoms with E-state index in [1.54, 1.807) is 19.2 Å². The molecule has 0 aromatic heterocycles. The Morgan fingerprint density at radius 3 is 2.38 bits per heavy atom. The summed E-state index contributed by atoms with van der Waals surface area (Å²) in [6.07, 6.45) is -1.21. The summed E-state index contributed by atoms with van der Waals surface area (Å²) in [6.45, 7) is 0.501. The van der Waals surface area contributed by atoms with Crippen LogP contribution in [-0.2, 0) is 9.53 Å². The normalized spacial score (nSPS) is 17.7. The summed E-state index contributed by atoms with van der Waals surface area (Å²) in [5.74, 6) is 0.0452. The van der Waals surface area contributed by atoms with Gasteiger partial charge < -0.3 is 14.8 Å². The zero-order valence-corrected chi connectivity index (χ0v) is 13.8. The number of benzene rings is 1. The average Bonchev–Trinajstić information content (AvgIpc) is 2.48. The molecule has 24 heavy (non-hydrogen) atoms. The molecule has 134 valence electrons. The molecule has 1 amide bonds. The number of rotatable bonds is 7. The van der Waals surface area contributed by atoms with Gasteiger partial charge in [0, 0.05) is 7.11 Å². The molecule has 1 aliphatic carbocycles. The van der Waals surface area contributed by atoms with Crippen LogP contribution in [0.15, 0.2) is 24.3 Å². The van der Waals surface area contributed by atoms with Gasteiger partial charge >= 0.3 is 6.18 Å². The average molecular weight is 345 g/mol. The van der Waals surface area contributed by atoms with Gasteiger partial charge in [-0.25, -0.2) is 0 Å². The summed E-state index contributed by atoms with van der Waals surface area (Å²) in [5.41, 5.74) is 0.460. The molecular formula is C17H22F3NO3. The standard InChI is InChI=1S/C17H22F3NO3/c1-12(21-15(22)10-16(23-2)8-3-9-16)13-4-6-14(7-5-13)24-11-17(18,19)20/h4-7,12H,3,8-11H2,1-2H3,(H,21,22). The lowest BCUT2D eigenvalue weighted by Crippen LogP contribution is -2.44. The third-order valence-electron chi connectivity index (χ3n) is 4.34. The molecule has 1 aromatic rings. The van der Waals surface area contributed by atoms with Crippen molar-refractivity contribution in [2.45, 2.75) is 50.4 Å². The van der Waals surface area contributed by atoms with E-state index in [1.165, 1.54) is 12.1 Å². The molecule has 1 fully saturated rings. The molecule has 0 heterocycles. The zero-order valence-electron chi connectivity index (χ0n) is 13.8. The van der Waals surface area contributed by atoms with Gasteiger partial charge in [0.2, 0.25) is 5.91 Å². The smallest absolute Gasteiger partial charge is 0.422 e. The van der Waals surface area contributed by atoms with Crippen molar-refractivity contribution in [2.75, 3.05) is 13.7 Å². The Balaban J connectivity index is 1.85. The van der Waals surface area contributed by atoms with Gasteiger partial charge in [0.05, 0.1) is 18.1 Å². The fourth-order valence-corrected chi connectivity index (χ4v) is 2.71. The predicted octanol–water partition coefficient (Wildman–Crippen LogP) is 3.76. The number of carbonyl (C=O) groups is 1. The maximum absolute atomic E-state index is 12.1. The van der Waals surface area contributed by atoms with Crippen LogP contribution in [0, 0.1) is 0 Å². The molecule has 1 aliphatic rings. The molecule has 1 atom stereocenters. The van der Waals surface area contributed by atoms with Gasteiger partial charge in [0.25, 0.3) is 0 Å². The fraction of sp³-hybridized carbons (Fsp3) is 0.588. The molecule has 4 nitrogen and oxygen atoms in total. The van der Waals surface area contributed by atoms with E-state index < -0.39 is 12.8 Å². The van der Waals surface area contributed by atoms with Gasteiger partial charge in [-0.15, -0.1) is 0 Å². The number of methoxy groups -OCH3 is 1. The maximum Gasteiger partial charge on any atom is 0.422 e. The van der Waals surface area contributed by atoms with Gasteiger partial charge in [-0.2, -0.15) is 13.2 Å². The van der Waals surface area contributed by atoms with Crippen LogP contribution in [0.5, 0.6) is 5.75 Å². The minimum Gasteiger partial charge on any atom is -0.484 e. The van der Waals surface area contributed by atoms with Crippen molar-refractivity contribution < 1.29 is 27.4 Å². The monoisotopic (exact) mass is 345 g/mol. The summed E-state index contributed by atoms with van der Waals surface area (Å²) in [7, 11) is 1.62. The van der Waals surface area contributed by atoms with Gasteiger partial charge in [0.1, 0.15) is 5.75 Å². The number of hydrogen-bond donors (Lipinski definition) is 1. The lowest BCUT2D eigenvalue weighted by atomic mass is 9.77. The largest absolute Gasteiger partial charge is 0.484 e. The molecule has 0 radical (unpaired) electrons. The Bertz CT molecular complexity index is 548. The number of carbonyl (C=O) groups excluding carboxylic acids is 1. The second-order valence-corrected chi connectivity index (χ2v) is 6.18. The van der Waals surface area contributed by atoms with Crippen molar-refractivity contribution in [3.8, 4) is 5.75 Å². The number of alkyl halides is 3. The zero-order chi connectivity index (χ0) is 17.8. The molecular weight excluding hydrogens is 323 g/mol. The minimum absolute atomic E-state index is 0.0959. The van der Waals surface area contributed by atoms with Gasteiger partial charge in [0.15, 0.2) is 6.61 Å². The molecule has 1 N–H and O–H groups in total. The molecule has 2 rings (SSSR count). The van der Waals surface area contributed by atoms with E-state index in [0.717, 1.165) is 24.8 Å². The fourth-order valence-electron chi connectivity index (χ4n) is 2.71. The Labute approximate surface area is 139 Å². The summed E-state index contributed by atoms with van der Waals surface area (Å²) in [5, 5.41) is 2.89. The van der Waals surface area contributed by atoms with Crippen LogP contribution in [0.4, 0.5) is 13.2 Å². The highest BCUT2D eigenvalue weighted by Crippen LogP contribution is 2.38. The molecule has 1 unspecified atom stereocenters. The van der Waals surface area contributed by atoms with Crippen LogP contribution >= 0.6 is 0 Å². The van der Waals surface area contributed by atoms with Crippen molar-refractivity contribution in [3.05, 3.63) is 29.8 Å². The third kappa shape index (κ3) is 5.12. The van der Waals surface area contributed by atoms with Gasteiger partial charge in [-0.05, 0) is 43.9 Å². The molecule has 1 aromatic carbocycles. The van der Waals surface area contributed by atoms with Crippen molar-refractivity contribution in [2.24, 2.45) is 0 Å². The van der Waals surface area contributed by atoms with Crippen molar-refractivity contribution >= 4 is 5.91 Å². The minimum atomic E-state index is -4.36. The van der Waals surface area contributed by atoms with Crippen molar-refractivity contribution in [1.29, 1.82) is 0 Å². The van der Waals surface area contributed by atoms with E-state index in [4.69, 9.17) is 4.74 Å². The Morgan fingerprint density at radius 1 is 1.29 bits per heavy atom. The van der Waals surface area contributed by atoms with Crippen LogP contribution in [0.1, 0.15) is 44.2 Å². The quantitative estimate of drug-likeness (QED) is 0.818. The molecule has 0 bridgehead atoms. The van der Waals surface area contributed by atoms with Gasteiger partial charge in [-0.1, -0.05) is 12.1 Å². The first-order valence-corrected chi connectivity index (χ1v) is 7.87. The van der Waals surface area contributed by atoms with E-state index in [-0.39, 0.29) is 23.3 Å². The van der Waals surface area contributed by atoms with E-state index >= 15 is 0 Å². The lowest BCUT2D eigenvalue weighted by molar-refractivity contribution is -0.153. The molecule has 0 spiro atoms. The topological polar surface area (TPSA) is 47.6 Å². The number of nitrogens with one attached hydrogen (secondary N) is 1. The summed E-state index contributed by atoms with van der Waals surface area (Å²) in [6, 6.07) is 5.97. The second-order valence-electron chi connectivity index (χ2n) is 6.18. The third-order valence-corrected chi connectivity index (χ3v) is 4.34. The van der Waals surface area contributed by atoms with Crippen molar-refractivity contribution in [3.63, 3.8) is 0 Å². The highest BCUT2D eigenvalue weighted by molar-refractivity contribution is 5.77. The molecule has 7 heteroatoms. The maximum atomic E-state index is 12.1.